The Labute approximate surface area is 154 Å². The van der Waals surface area contributed by atoms with Gasteiger partial charge in [-0.15, -0.1) is 0 Å². The quantitative estimate of drug-likeness (QED) is 0.315. The highest BCUT2D eigenvalue weighted by molar-refractivity contribution is 6.03. The summed E-state index contributed by atoms with van der Waals surface area (Å²) in [7, 11) is 0. The third-order valence-corrected chi connectivity index (χ3v) is 4.09. The zero-order chi connectivity index (χ0) is 20.6. The highest BCUT2D eigenvalue weighted by Crippen LogP contribution is 2.31. The number of rotatable bonds is 4. The Morgan fingerprint density at radius 3 is 1.61 bits per heavy atom. The number of aromatic amines is 4. The van der Waals surface area contributed by atoms with Crippen molar-refractivity contribution in [2.24, 2.45) is 0 Å². The fourth-order valence-electron chi connectivity index (χ4n) is 2.79. The lowest BCUT2D eigenvalue weighted by Crippen LogP contribution is -2.34. The van der Waals surface area contributed by atoms with Gasteiger partial charge in [-0.1, -0.05) is 29.8 Å². The van der Waals surface area contributed by atoms with Gasteiger partial charge in [-0.25, -0.2) is 9.59 Å². The molecule has 0 spiro atoms. The molecular weight excluding hydrogens is 372 g/mol. The Balaban J connectivity index is 2.36. The van der Waals surface area contributed by atoms with Crippen molar-refractivity contribution < 1.29 is 15.0 Å². The summed E-state index contributed by atoms with van der Waals surface area (Å²) in [5.41, 5.74) is -4.79. The van der Waals surface area contributed by atoms with Crippen LogP contribution in [-0.2, 0) is 0 Å². The molecule has 0 bridgehead atoms. The maximum atomic E-state index is 13.1. The minimum absolute atomic E-state index is 0.0607. The Kier molecular flexibility index (Phi) is 4.57. The highest BCUT2D eigenvalue weighted by atomic mass is 16.3. The second-order valence-corrected chi connectivity index (χ2v) is 6.00. The molecule has 3 rings (SSSR count). The van der Waals surface area contributed by atoms with Crippen LogP contribution < -0.4 is 22.5 Å². The van der Waals surface area contributed by atoms with Crippen molar-refractivity contribution in [3.8, 4) is 11.8 Å². The predicted octanol–water partition coefficient (Wildman–Crippen LogP) is -0.826. The molecule has 1 aromatic carbocycles. The van der Waals surface area contributed by atoms with Gasteiger partial charge in [-0.2, -0.15) is 0 Å². The van der Waals surface area contributed by atoms with Crippen LogP contribution in [0.2, 0.25) is 0 Å². The van der Waals surface area contributed by atoms with E-state index in [1.54, 1.807) is 19.1 Å². The van der Waals surface area contributed by atoms with E-state index in [4.69, 9.17) is 0 Å². The standard InChI is InChI=1S/C17H14N4O7/c1-6-2-4-7(5-3-6)11(22)8(9-12(23)18-16(27)19-13(9)24)10-14(25)20-17(28)21-15(10)26/h2-5,8H,1H3,(H3,18,19,23,24,27)(H3,20,21,25,26,28). The molecule has 28 heavy (non-hydrogen) atoms. The SMILES string of the molecule is Cc1ccc(C(=O)C(c2c(O)[nH]c(=O)[nH]c2=O)c2c(O)[nH]c(=O)[nH]c2=O)cc1. The van der Waals surface area contributed by atoms with Gasteiger partial charge in [0.2, 0.25) is 11.8 Å². The molecule has 0 unspecified atom stereocenters. The number of nitrogens with one attached hydrogen (secondary N) is 4. The number of aromatic nitrogens is 4. The zero-order valence-electron chi connectivity index (χ0n) is 14.3. The van der Waals surface area contributed by atoms with E-state index in [1.807, 2.05) is 19.9 Å². The first-order chi connectivity index (χ1) is 13.2. The van der Waals surface area contributed by atoms with Crippen molar-refractivity contribution in [2.45, 2.75) is 12.8 Å². The summed E-state index contributed by atoms with van der Waals surface area (Å²) in [6.45, 7) is 1.78. The molecule has 0 aliphatic carbocycles. The summed E-state index contributed by atoms with van der Waals surface area (Å²) in [6.07, 6.45) is 0. The van der Waals surface area contributed by atoms with Gasteiger partial charge in [0, 0.05) is 5.56 Å². The molecule has 144 valence electrons. The first-order valence-electron chi connectivity index (χ1n) is 7.91. The van der Waals surface area contributed by atoms with E-state index in [-0.39, 0.29) is 5.56 Å². The van der Waals surface area contributed by atoms with E-state index in [9.17, 15) is 34.2 Å². The number of ketones is 1. The van der Waals surface area contributed by atoms with E-state index >= 15 is 0 Å². The van der Waals surface area contributed by atoms with Crippen molar-refractivity contribution in [3.05, 3.63) is 88.2 Å². The molecule has 2 aromatic heterocycles. The Bertz CT molecular complexity index is 1220. The number of H-pyrrole nitrogens is 4. The smallest absolute Gasteiger partial charge is 0.328 e. The third kappa shape index (κ3) is 3.28. The van der Waals surface area contributed by atoms with Gasteiger partial charge < -0.3 is 10.2 Å². The number of hydrogen-bond donors (Lipinski definition) is 6. The van der Waals surface area contributed by atoms with E-state index in [0.29, 0.717) is 0 Å². The van der Waals surface area contributed by atoms with Gasteiger partial charge in [0.1, 0.15) is 0 Å². The van der Waals surface area contributed by atoms with Crippen LogP contribution in [0.25, 0.3) is 0 Å². The maximum Gasteiger partial charge on any atom is 0.328 e. The molecule has 0 aliphatic rings. The summed E-state index contributed by atoms with van der Waals surface area (Å²) in [6, 6.07) is 6.08. The van der Waals surface area contributed by atoms with Gasteiger partial charge in [0.25, 0.3) is 11.1 Å². The van der Waals surface area contributed by atoms with E-state index in [1.165, 1.54) is 12.1 Å². The number of hydrogen-bond acceptors (Lipinski definition) is 7. The Morgan fingerprint density at radius 1 is 0.786 bits per heavy atom. The molecule has 11 nitrogen and oxygen atoms in total. The third-order valence-electron chi connectivity index (χ3n) is 4.09. The highest BCUT2D eigenvalue weighted by Gasteiger charge is 2.34. The van der Waals surface area contributed by atoms with Crippen LogP contribution in [0.5, 0.6) is 11.8 Å². The first kappa shape index (κ1) is 18.6. The second kappa shape index (κ2) is 6.87. The molecule has 11 heteroatoms. The average molecular weight is 386 g/mol. The van der Waals surface area contributed by atoms with Crippen molar-refractivity contribution in [1.82, 2.24) is 19.9 Å². The monoisotopic (exact) mass is 386 g/mol. The van der Waals surface area contributed by atoms with Crippen LogP contribution in [0.3, 0.4) is 0 Å². The molecule has 0 fully saturated rings. The fourth-order valence-corrected chi connectivity index (χ4v) is 2.79. The molecule has 6 N–H and O–H groups in total. The minimum Gasteiger partial charge on any atom is -0.494 e. The lowest BCUT2D eigenvalue weighted by molar-refractivity contribution is 0.0969. The van der Waals surface area contributed by atoms with Crippen molar-refractivity contribution >= 4 is 5.78 Å². The molecule has 0 saturated carbocycles. The van der Waals surface area contributed by atoms with Gasteiger partial charge in [-0.05, 0) is 6.92 Å². The Morgan fingerprint density at radius 2 is 1.21 bits per heavy atom. The topological polar surface area (TPSA) is 189 Å². The number of aromatic hydroxyl groups is 2. The first-order valence-corrected chi connectivity index (χ1v) is 7.91. The number of Topliss-reactive ketones (excluding diaryl/α,β-unsaturated/α-hetero) is 1. The number of carbonyl (C=O) groups is 1. The van der Waals surface area contributed by atoms with Crippen LogP contribution in [0.1, 0.15) is 33.0 Å². The molecule has 0 aliphatic heterocycles. The average Bonchev–Trinajstić information content (AvgIpc) is 2.58. The van der Waals surface area contributed by atoms with Crippen LogP contribution in [-0.4, -0.2) is 35.9 Å². The summed E-state index contributed by atoms with van der Waals surface area (Å²) in [4.78, 5) is 68.0. The molecule has 0 atom stereocenters. The molecular formula is C17H14N4O7. The summed E-state index contributed by atoms with van der Waals surface area (Å²) >= 11 is 0. The number of benzene rings is 1. The second-order valence-electron chi connectivity index (χ2n) is 6.00. The summed E-state index contributed by atoms with van der Waals surface area (Å²) in [5.74, 6) is -4.56. The van der Waals surface area contributed by atoms with Gasteiger partial charge in [0.05, 0.1) is 17.0 Å². The van der Waals surface area contributed by atoms with Gasteiger partial charge >= 0.3 is 11.4 Å². The number of carbonyl (C=O) groups excluding carboxylic acids is 1. The van der Waals surface area contributed by atoms with E-state index in [0.717, 1.165) is 5.56 Å². The maximum absolute atomic E-state index is 13.1. The van der Waals surface area contributed by atoms with Crippen molar-refractivity contribution in [1.29, 1.82) is 0 Å². The summed E-state index contributed by atoms with van der Waals surface area (Å²) < 4.78 is 0. The van der Waals surface area contributed by atoms with Crippen LogP contribution in [0, 0.1) is 6.92 Å². The van der Waals surface area contributed by atoms with E-state index in [2.05, 4.69) is 0 Å². The summed E-state index contributed by atoms with van der Waals surface area (Å²) in [5, 5.41) is 20.2. The molecule has 0 radical (unpaired) electrons. The van der Waals surface area contributed by atoms with E-state index < -0.39 is 57.1 Å². The lowest BCUT2D eigenvalue weighted by atomic mass is 9.86. The van der Waals surface area contributed by atoms with Gasteiger partial charge in [-0.3, -0.25) is 34.3 Å². The number of aryl methyl sites for hydroxylation is 1. The van der Waals surface area contributed by atoms with Crippen LogP contribution in [0.4, 0.5) is 0 Å². The van der Waals surface area contributed by atoms with Crippen LogP contribution in [0.15, 0.2) is 43.4 Å². The molecule has 3 aromatic rings. The van der Waals surface area contributed by atoms with Gasteiger partial charge in [0.15, 0.2) is 5.78 Å². The van der Waals surface area contributed by atoms with Crippen molar-refractivity contribution in [3.63, 3.8) is 0 Å². The molecule has 0 amide bonds. The lowest BCUT2D eigenvalue weighted by Gasteiger charge is -2.16. The zero-order valence-corrected chi connectivity index (χ0v) is 14.3. The van der Waals surface area contributed by atoms with Crippen LogP contribution >= 0.6 is 0 Å². The largest absolute Gasteiger partial charge is 0.494 e. The minimum atomic E-state index is -1.82. The Hall–Kier alpha value is -4.15. The molecule has 0 saturated heterocycles. The fraction of sp³-hybridized carbons (Fsp3) is 0.118. The van der Waals surface area contributed by atoms with Crippen molar-refractivity contribution in [2.75, 3.05) is 0 Å². The normalized spacial score (nSPS) is 10.9. The molecule has 2 heterocycles. The predicted molar refractivity (Wildman–Crippen MR) is 96.0 cm³/mol.